The molecule has 1 aromatic rings. The topological polar surface area (TPSA) is 72.2 Å². The Morgan fingerprint density at radius 2 is 1.86 bits per heavy atom. The quantitative estimate of drug-likeness (QED) is 0.847. The van der Waals surface area contributed by atoms with Crippen LogP contribution in [0.2, 0.25) is 5.02 Å². The number of hydrogen-bond acceptors (Lipinski definition) is 2. The van der Waals surface area contributed by atoms with Gasteiger partial charge in [-0.05, 0) is 36.5 Å². The number of carbonyl (C=O) groups is 2. The maximum Gasteiger partial charge on any atom is 0.240 e. The van der Waals surface area contributed by atoms with Crippen molar-refractivity contribution in [1.82, 2.24) is 5.32 Å². The summed E-state index contributed by atoms with van der Waals surface area (Å²) >= 11 is 5.83. The Kier molecular flexibility index (Phi) is 5.62. The van der Waals surface area contributed by atoms with Crippen LogP contribution in [0.4, 0.5) is 0 Å². The number of rotatable bonds is 6. The van der Waals surface area contributed by atoms with E-state index >= 15 is 0 Å². The number of benzene rings is 1. The van der Waals surface area contributed by atoms with Gasteiger partial charge in [0.15, 0.2) is 0 Å². The van der Waals surface area contributed by atoms with Crippen LogP contribution in [0.3, 0.4) is 0 Å². The molecule has 1 saturated carbocycles. The highest BCUT2D eigenvalue weighted by atomic mass is 35.5. The highest BCUT2D eigenvalue weighted by Gasteiger charge is 2.22. The zero-order valence-corrected chi connectivity index (χ0v) is 12.7. The minimum Gasteiger partial charge on any atom is -0.368 e. The second kappa shape index (κ2) is 7.46. The van der Waals surface area contributed by atoms with Gasteiger partial charge in [0.05, 0.1) is 0 Å². The number of carbonyl (C=O) groups excluding carboxylic acids is 2. The van der Waals surface area contributed by atoms with Crippen molar-refractivity contribution in [3.05, 3.63) is 34.9 Å². The first-order valence-electron chi connectivity index (χ1n) is 7.37. The van der Waals surface area contributed by atoms with Gasteiger partial charge in [0, 0.05) is 17.9 Å². The molecule has 0 heterocycles. The van der Waals surface area contributed by atoms with Crippen molar-refractivity contribution >= 4 is 23.4 Å². The molecular weight excluding hydrogens is 288 g/mol. The summed E-state index contributed by atoms with van der Waals surface area (Å²) < 4.78 is 0. The molecule has 1 aromatic carbocycles. The standard InChI is InChI=1S/C16H21ClN2O2/c17-13-7-5-12(6-8-13)9-14(16(18)21)19-15(20)10-11-3-1-2-4-11/h5-8,11,14H,1-4,9-10H2,(H2,18,21)(H,19,20)/t14-/m0/s1. The third-order valence-corrected chi connectivity index (χ3v) is 4.23. The maximum atomic E-state index is 12.0. The summed E-state index contributed by atoms with van der Waals surface area (Å²) in [5.74, 6) is -0.140. The van der Waals surface area contributed by atoms with Crippen molar-refractivity contribution in [1.29, 1.82) is 0 Å². The lowest BCUT2D eigenvalue weighted by Gasteiger charge is -2.17. The molecule has 4 nitrogen and oxygen atoms in total. The second-order valence-electron chi connectivity index (χ2n) is 5.71. The maximum absolute atomic E-state index is 12.0. The van der Waals surface area contributed by atoms with Crippen LogP contribution in [-0.4, -0.2) is 17.9 Å². The molecule has 5 heteroatoms. The third-order valence-electron chi connectivity index (χ3n) is 3.98. The van der Waals surface area contributed by atoms with Crippen LogP contribution in [0.15, 0.2) is 24.3 Å². The van der Waals surface area contributed by atoms with Gasteiger partial charge in [0.2, 0.25) is 11.8 Å². The Bertz CT molecular complexity index is 496. The zero-order chi connectivity index (χ0) is 15.2. The lowest BCUT2D eigenvalue weighted by Crippen LogP contribution is -2.46. The first-order chi connectivity index (χ1) is 10.0. The van der Waals surface area contributed by atoms with Crippen molar-refractivity contribution in [3.8, 4) is 0 Å². The summed E-state index contributed by atoms with van der Waals surface area (Å²) in [7, 11) is 0. The highest BCUT2D eigenvalue weighted by Crippen LogP contribution is 2.27. The Hall–Kier alpha value is -1.55. The van der Waals surface area contributed by atoms with Gasteiger partial charge >= 0.3 is 0 Å². The number of amides is 2. The molecule has 0 saturated heterocycles. The zero-order valence-electron chi connectivity index (χ0n) is 12.0. The Balaban J connectivity index is 1.90. The molecule has 2 rings (SSSR count). The number of nitrogens with one attached hydrogen (secondary N) is 1. The summed E-state index contributed by atoms with van der Waals surface area (Å²) in [6.07, 6.45) is 5.48. The van der Waals surface area contributed by atoms with Gasteiger partial charge in [0.1, 0.15) is 6.04 Å². The summed E-state index contributed by atoms with van der Waals surface area (Å²) in [6.45, 7) is 0. The summed E-state index contributed by atoms with van der Waals surface area (Å²) in [6, 6.07) is 6.52. The summed E-state index contributed by atoms with van der Waals surface area (Å²) in [5, 5.41) is 3.40. The van der Waals surface area contributed by atoms with E-state index in [-0.39, 0.29) is 5.91 Å². The Labute approximate surface area is 130 Å². The van der Waals surface area contributed by atoms with Crippen LogP contribution in [0, 0.1) is 5.92 Å². The minimum atomic E-state index is -0.667. The molecule has 0 spiro atoms. The fraction of sp³-hybridized carbons (Fsp3) is 0.500. The fourth-order valence-corrected chi connectivity index (χ4v) is 2.93. The fourth-order valence-electron chi connectivity index (χ4n) is 2.81. The smallest absolute Gasteiger partial charge is 0.240 e. The van der Waals surface area contributed by atoms with E-state index in [4.69, 9.17) is 17.3 Å². The van der Waals surface area contributed by atoms with Crippen molar-refractivity contribution < 1.29 is 9.59 Å². The highest BCUT2D eigenvalue weighted by molar-refractivity contribution is 6.30. The summed E-state index contributed by atoms with van der Waals surface area (Å²) in [4.78, 5) is 23.5. The van der Waals surface area contributed by atoms with E-state index in [9.17, 15) is 9.59 Å². The lowest BCUT2D eigenvalue weighted by molar-refractivity contribution is -0.127. The Morgan fingerprint density at radius 3 is 2.43 bits per heavy atom. The van der Waals surface area contributed by atoms with Crippen LogP contribution >= 0.6 is 11.6 Å². The van der Waals surface area contributed by atoms with Gasteiger partial charge < -0.3 is 11.1 Å². The van der Waals surface area contributed by atoms with E-state index in [1.54, 1.807) is 12.1 Å². The first-order valence-corrected chi connectivity index (χ1v) is 7.75. The molecule has 3 N–H and O–H groups in total. The molecule has 2 amide bonds. The third kappa shape index (κ3) is 5.05. The average Bonchev–Trinajstić information content (AvgIpc) is 2.93. The van der Waals surface area contributed by atoms with E-state index in [0.717, 1.165) is 18.4 Å². The molecule has 0 aliphatic heterocycles. The average molecular weight is 309 g/mol. The van der Waals surface area contributed by atoms with Gasteiger partial charge in [-0.15, -0.1) is 0 Å². The number of halogens is 1. The second-order valence-corrected chi connectivity index (χ2v) is 6.14. The molecule has 0 radical (unpaired) electrons. The number of primary amides is 1. The van der Waals surface area contributed by atoms with E-state index < -0.39 is 11.9 Å². The van der Waals surface area contributed by atoms with Crippen LogP contribution in [0.25, 0.3) is 0 Å². The minimum absolute atomic E-state index is 0.0836. The Morgan fingerprint density at radius 1 is 1.24 bits per heavy atom. The molecule has 0 aromatic heterocycles. The largest absolute Gasteiger partial charge is 0.368 e. The van der Waals surface area contributed by atoms with Crippen LogP contribution < -0.4 is 11.1 Å². The molecule has 0 unspecified atom stereocenters. The predicted molar refractivity (Wildman–Crippen MR) is 82.9 cm³/mol. The number of nitrogens with two attached hydrogens (primary N) is 1. The normalized spacial score (nSPS) is 16.6. The molecule has 1 atom stereocenters. The molecule has 0 bridgehead atoms. The van der Waals surface area contributed by atoms with Crippen molar-refractivity contribution in [2.45, 2.75) is 44.6 Å². The molecule has 114 valence electrons. The van der Waals surface area contributed by atoms with Crippen LogP contribution in [0.1, 0.15) is 37.7 Å². The van der Waals surface area contributed by atoms with Gasteiger partial charge in [-0.1, -0.05) is 36.6 Å². The lowest BCUT2D eigenvalue weighted by atomic mass is 10.0. The van der Waals surface area contributed by atoms with Crippen molar-refractivity contribution in [2.24, 2.45) is 11.7 Å². The van der Waals surface area contributed by atoms with Crippen molar-refractivity contribution in [3.63, 3.8) is 0 Å². The van der Waals surface area contributed by atoms with E-state index in [1.165, 1.54) is 12.8 Å². The summed E-state index contributed by atoms with van der Waals surface area (Å²) in [5.41, 5.74) is 6.31. The van der Waals surface area contributed by atoms with Gasteiger partial charge in [-0.3, -0.25) is 9.59 Å². The number of hydrogen-bond donors (Lipinski definition) is 2. The van der Waals surface area contributed by atoms with E-state index in [0.29, 0.717) is 23.8 Å². The SMILES string of the molecule is NC(=O)[C@H](Cc1ccc(Cl)cc1)NC(=O)CC1CCCC1. The van der Waals surface area contributed by atoms with Gasteiger partial charge in [0.25, 0.3) is 0 Å². The molecule has 1 fully saturated rings. The van der Waals surface area contributed by atoms with Gasteiger partial charge in [-0.25, -0.2) is 0 Å². The van der Waals surface area contributed by atoms with Gasteiger partial charge in [-0.2, -0.15) is 0 Å². The van der Waals surface area contributed by atoms with E-state index in [2.05, 4.69) is 5.32 Å². The predicted octanol–water partition coefficient (Wildman–Crippen LogP) is 2.43. The molecule has 1 aliphatic carbocycles. The van der Waals surface area contributed by atoms with Crippen LogP contribution in [0.5, 0.6) is 0 Å². The van der Waals surface area contributed by atoms with Crippen LogP contribution in [-0.2, 0) is 16.0 Å². The first kappa shape index (κ1) is 15.8. The monoisotopic (exact) mass is 308 g/mol. The molecule has 1 aliphatic rings. The van der Waals surface area contributed by atoms with Crippen molar-refractivity contribution in [2.75, 3.05) is 0 Å². The molecular formula is C16H21ClN2O2. The molecule has 21 heavy (non-hydrogen) atoms. The van der Waals surface area contributed by atoms with E-state index in [1.807, 2.05) is 12.1 Å².